The quantitative estimate of drug-likeness (QED) is 0.566. The molecule has 9 heteroatoms. The number of nitrogens with one attached hydrogen (secondary N) is 2. The van der Waals surface area contributed by atoms with Crippen molar-refractivity contribution < 1.29 is 14.4 Å². The molecule has 0 bridgehead atoms. The summed E-state index contributed by atoms with van der Waals surface area (Å²) in [5.74, 6) is -0.993. The summed E-state index contributed by atoms with van der Waals surface area (Å²) in [4.78, 5) is 43.4. The van der Waals surface area contributed by atoms with Gasteiger partial charge in [0.2, 0.25) is 5.91 Å². The maximum atomic E-state index is 13.0. The van der Waals surface area contributed by atoms with E-state index in [1.165, 1.54) is 0 Å². The summed E-state index contributed by atoms with van der Waals surface area (Å²) < 4.78 is 0. The Hall–Kier alpha value is -3.23. The van der Waals surface area contributed by atoms with E-state index in [1.807, 2.05) is 24.4 Å². The van der Waals surface area contributed by atoms with Gasteiger partial charge in [0.15, 0.2) is 0 Å². The Morgan fingerprint density at radius 1 is 1.23 bits per heavy atom. The summed E-state index contributed by atoms with van der Waals surface area (Å²) in [5, 5.41) is 8.76. The van der Waals surface area contributed by atoms with Gasteiger partial charge in [-0.05, 0) is 43.7 Å². The van der Waals surface area contributed by atoms with Crippen LogP contribution in [0, 0.1) is 6.92 Å². The standard InChI is InChI=1S/C22H19ClN4O3S/c1-13-24-18(12-31-13)14-5-3-8-17(9-14)25-19(28)11-27-20(29)22(2,26-21(27)30)15-6-4-7-16(23)10-15/h3-10,12H,11H2,1-2H3,(H,25,28)(H,26,30). The van der Waals surface area contributed by atoms with Crippen LogP contribution in [0.3, 0.4) is 0 Å². The molecule has 2 aromatic carbocycles. The molecule has 7 nitrogen and oxygen atoms in total. The molecular formula is C22H19ClN4O3S. The summed E-state index contributed by atoms with van der Waals surface area (Å²) >= 11 is 7.58. The van der Waals surface area contributed by atoms with Crippen molar-refractivity contribution in [3.8, 4) is 11.3 Å². The largest absolute Gasteiger partial charge is 0.325 e. The highest BCUT2D eigenvalue weighted by molar-refractivity contribution is 7.09. The lowest BCUT2D eigenvalue weighted by atomic mass is 9.92. The van der Waals surface area contributed by atoms with Crippen molar-refractivity contribution in [2.45, 2.75) is 19.4 Å². The number of amides is 4. The lowest BCUT2D eigenvalue weighted by Crippen LogP contribution is -2.42. The zero-order chi connectivity index (χ0) is 22.2. The van der Waals surface area contributed by atoms with E-state index in [4.69, 9.17) is 11.6 Å². The molecule has 0 saturated carbocycles. The number of anilines is 1. The van der Waals surface area contributed by atoms with Gasteiger partial charge in [0.05, 0.1) is 10.7 Å². The van der Waals surface area contributed by atoms with E-state index in [9.17, 15) is 14.4 Å². The number of hydrogen-bond acceptors (Lipinski definition) is 5. The van der Waals surface area contributed by atoms with Crippen LogP contribution in [0.4, 0.5) is 10.5 Å². The van der Waals surface area contributed by atoms with Crippen molar-refractivity contribution in [2.75, 3.05) is 11.9 Å². The molecule has 1 atom stereocenters. The number of thiazole rings is 1. The van der Waals surface area contributed by atoms with Crippen LogP contribution >= 0.6 is 22.9 Å². The van der Waals surface area contributed by atoms with Crippen LogP contribution in [0.1, 0.15) is 17.5 Å². The predicted octanol–water partition coefficient (Wildman–Crippen LogP) is 4.18. The van der Waals surface area contributed by atoms with Crippen molar-refractivity contribution in [1.82, 2.24) is 15.2 Å². The molecule has 3 aromatic rings. The average molecular weight is 455 g/mol. The first-order chi connectivity index (χ1) is 14.8. The van der Waals surface area contributed by atoms with Crippen molar-refractivity contribution in [3.63, 3.8) is 0 Å². The third-order valence-electron chi connectivity index (χ3n) is 5.04. The van der Waals surface area contributed by atoms with Crippen LogP contribution in [0.15, 0.2) is 53.9 Å². The van der Waals surface area contributed by atoms with Crippen LogP contribution in [0.2, 0.25) is 5.02 Å². The van der Waals surface area contributed by atoms with Crippen LogP contribution < -0.4 is 10.6 Å². The van der Waals surface area contributed by atoms with Crippen LogP contribution in [-0.4, -0.2) is 34.3 Å². The van der Waals surface area contributed by atoms with E-state index < -0.39 is 29.9 Å². The Kier molecular flexibility index (Phi) is 5.51. The summed E-state index contributed by atoms with van der Waals surface area (Å²) in [6.45, 7) is 3.12. The van der Waals surface area contributed by atoms with Crippen molar-refractivity contribution in [1.29, 1.82) is 0 Å². The molecule has 31 heavy (non-hydrogen) atoms. The molecule has 1 saturated heterocycles. The van der Waals surface area contributed by atoms with Crippen molar-refractivity contribution >= 4 is 46.5 Å². The first-order valence-corrected chi connectivity index (χ1v) is 10.7. The molecule has 1 unspecified atom stereocenters. The molecule has 0 spiro atoms. The fraction of sp³-hybridized carbons (Fsp3) is 0.182. The van der Waals surface area contributed by atoms with Gasteiger partial charge >= 0.3 is 6.03 Å². The number of carbonyl (C=O) groups is 3. The monoisotopic (exact) mass is 454 g/mol. The lowest BCUT2D eigenvalue weighted by Gasteiger charge is -2.22. The highest BCUT2D eigenvalue weighted by Gasteiger charge is 2.49. The van der Waals surface area contributed by atoms with Gasteiger partial charge in [-0.3, -0.25) is 14.5 Å². The molecule has 4 rings (SSSR count). The van der Waals surface area contributed by atoms with Crippen molar-refractivity contribution in [3.05, 3.63) is 69.5 Å². The second kappa shape index (κ2) is 8.13. The maximum Gasteiger partial charge on any atom is 0.325 e. The van der Waals surface area contributed by atoms with Crippen molar-refractivity contribution in [2.24, 2.45) is 0 Å². The Bertz CT molecular complexity index is 1190. The number of imide groups is 1. The third-order valence-corrected chi connectivity index (χ3v) is 6.05. The average Bonchev–Trinajstić information content (AvgIpc) is 3.26. The molecule has 4 amide bonds. The van der Waals surface area contributed by atoms with E-state index in [0.29, 0.717) is 16.3 Å². The first kappa shape index (κ1) is 21.0. The SMILES string of the molecule is Cc1nc(-c2cccc(NC(=O)CN3C(=O)NC(C)(c4cccc(Cl)c4)C3=O)c2)cs1. The number of urea groups is 1. The van der Waals surface area contributed by atoms with Gasteiger partial charge in [-0.25, -0.2) is 9.78 Å². The number of rotatable bonds is 5. The van der Waals surface area contributed by atoms with E-state index in [1.54, 1.807) is 54.7 Å². The molecule has 158 valence electrons. The number of aryl methyl sites for hydroxylation is 1. The minimum absolute atomic E-state index is 0.402. The number of hydrogen-bond donors (Lipinski definition) is 2. The summed E-state index contributed by atoms with van der Waals surface area (Å²) in [5.41, 5.74) is 1.51. The fourth-order valence-electron chi connectivity index (χ4n) is 3.43. The normalized spacial score (nSPS) is 18.2. The van der Waals surface area contributed by atoms with Crippen LogP contribution in [0.5, 0.6) is 0 Å². The number of halogens is 1. The Morgan fingerprint density at radius 3 is 2.71 bits per heavy atom. The molecule has 2 N–H and O–H groups in total. The Morgan fingerprint density at radius 2 is 2.00 bits per heavy atom. The smallest absolute Gasteiger partial charge is 0.325 e. The van der Waals surface area contributed by atoms with Gasteiger partial charge in [0.25, 0.3) is 5.91 Å². The van der Waals surface area contributed by atoms with Gasteiger partial charge in [-0.15, -0.1) is 11.3 Å². The number of nitrogens with zero attached hydrogens (tertiary/aromatic N) is 2. The number of carbonyl (C=O) groups excluding carboxylic acids is 3. The fourth-order valence-corrected chi connectivity index (χ4v) is 4.24. The zero-order valence-corrected chi connectivity index (χ0v) is 18.4. The molecule has 0 aliphatic carbocycles. The molecule has 0 radical (unpaired) electrons. The van der Waals surface area contributed by atoms with Crippen LogP contribution in [-0.2, 0) is 15.1 Å². The van der Waals surface area contributed by atoms with Gasteiger partial charge < -0.3 is 10.6 Å². The predicted molar refractivity (Wildman–Crippen MR) is 120 cm³/mol. The molecule has 1 aliphatic rings. The molecule has 1 fully saturated rings. The van der Waals surface area contributed by atoms with Gasteiger partial charge in [0, 0.05) is 21.7 Å². The Balaban J connectivity index is 1.48. The summed E-state index contributed by atoms with van der Waals surface area (Å²) in [6.07, 6.45) is 0. The highest BCUT2D eigenvalue weighted by atomic mass is 35.5. The van der Waals surface area contributed by atoms with Gasteiger partial charge in [0.1, 0.15) is 12.1 Å². The van der Waals surface area contributed by atoms with Gasteiger partial charge in [-0.2, -0.15) is 0 Å². The van der Waals surface area contributed by atoms with E-state index in [2.05, 4.69) is 15.6 Å². The Labute approximate surface area is 188 Å². The zero-order valence-electron chi connectivity index (χ0n) is 16.8. The molecule has 1 aromatic heterocycles. The molecule has 1 aliphatic heterocycles. The topological polar surface area (TPSA) is 91.4 Å². The van der Waals surface area contributed by atoms with E-state index in [-0.39, 0.29) is 0 Å². The highest BCUT2D eigenvalue weighted by Crippen LogP contribution is 2.30. The summed E-state index contributed by atoms with van der Waals surface area (Å²) in [6, 6.07) is 13.3. The van der Waals surface area contributed by atoms with Gasteiger partial charge in [-0.1, -0.05) is 35.9 Å². The van der Waals surface area contributed by atoms with Crippen LogP contribution in [0.25, 0.3) is 11.3 Å². The van der Waals surface area contributed by atoms with E-state index in [0.717, 1.165) is 21.2 Å². The molecule has 2 heterocycles. The lowest BCUT2D eigenvalue weighted by molar-refractivity contribution is -0.133. The maximum absolute atomic E-state index is 13.0. The first-order valence-electron chi connectivity index (χ1n) is 9.49. The second-order valence-electron chi connectivity index (χ2n) is 7.34. The minimum atomic E-state index is -1.29. The minimum Gasteiger partial charge on any atom is -0.325 e. The number of benzene rings is 2. The summed E-state index contributed by atoms with van der Waals surface area (Å²) in [7, 11) is 0. The number of aromatic nitrogens is 1. The second-order valence-corrected chi connectivity index (χ2v) is 8.84. The third kappa shape index (κ3) is 4.17. The van der Waals surface area contributed by atoms with E-state index >= 15 is 0 Å². The molecular weight excluding hydrogens is 436 g/mol.